The Labute approximate surface area is 204 Å². The highest BCUT2D eigenvalue weighted by Gasteiger charge is 2.27. The van der Waals surface area contributed by atoms with Crippen molar-refractivity contribution >= 4 is 35.9 Å². The van der Waals surface area contributed by atoms with Gasteiger partial charge < -0.3 is 15.0 Å². The Morgan fingerprint density at radius 1 is 1.13 bits per heavy atom. The number of rotatable bonds is 6. The van der Waals surface area contributed by atoms with Crippen LogP contribution in [0.2, 0.25) is 0 Å². The number of nitrogens with one attached hydrogen (secondary N) is 1. The molecule has 0 unspecified atom stereocenters. The third-order valence-corrected chi connectivity index (χ3v) is 6.71. The SMILES string of the molecule is CN=C(NCc1ccccc1CN(C)C1CCCCC1)N1CCC(C(=O)OC)CC1.I. The monoisotopic (exact) mass is 542 g/mol. The van der Waals surface area contributed by atoms with Crippen molar-refractivity contribution in [3.8, 4) is 0 Å². The van der Waals surface area contributed by atoms with E-state index in [1.54, 1.807) is 0 Å². The molecule has 2 aliphatic rings. The van der Waals surface area contributed by atoms with Gasteiger partial charge in [-0.1, -0.05) is 43.5 Å². The zero-order valence-corrected chi connectivity index (χ0v) is 21.6. The van der Waals surface area contributed by atoms with Gasteiger partial charge in [-0.05, 0) is 43.9 Å². The minimum Gasteiger partial charge on any atom is -0.469 e. The van der Waals surface area contributed by atoms with Crippen LogP contribution in [0.4, 0.5) is 0 Å². The number of benzene rings is 1. The van der Waals surface area contributed by atoms with Crippen LogP contribution in [0.15, 0.2) is 29.3 Å². The van der Waals surface area contributed by atoms with Crippen LogP contribution in [-0.4, -0.2) is 62.1 Å². The van der Waals surface area contributed by atoms with E-state index in [0.717, 1.165) is 45.0 Å². The summed E-state index contributed by atoms with van der Waals surface area (Å²) in [6.07, 6.45) is 8.39. The number of piperidine rings is 1. The molecule has 0 atom stereocenters. The summed E-state index contributed by atoms with van der Waals surface area (Å²) in [6, 6.07) is 9.43. The van der Waals surface area contributed by atoms with Gasteiger partial charge in [0.2, 0.25) is 0 Å². The van der Waals surface area contributed by atoms with Gasteiger partial charge in [-0.25, -0.2) is 0 Å². The first-order valence-electron chi connectivity index (χ1n) is 11.4. The van der Waals surface area contributed by atoms with Crippen LogP contribution >= 0.6 is 24.0 Å². The van der Waals surface area contributed by atoms with Crippen molar-refractivity contribution in [1.82, 2.24) is 15.1 Å². The van der Waals surface area contributed by atoms with Crippen molar-refractivity contribution < 1.29 is 9.53 Å². The van der Waals surface area contributed by atoms with E-state index in [2.05, 4.69) is 51.4 Å². The Morgan fingerprint density at radius 2 is 1.77 bits per heavy atom. The Morgan fingerprint density at radius 3 is 2.39 bits per heavy atom. The number of likely N-dealkylation sites (tertiary alicyclic amines) is 1. The number of hydrogen-bond acceptors (Lipinski definition) is 4. The third-order valence-electron chi connectivity index (χ3n) is 6.71. The van der Waals surface area contributed by atoms with E-state index in [4.69, 9.17) is 4.74 Å². The van der Waals surface area contributed by atoms with Gasteiger partial charge in [-0.2, -0.15) is 0 Å². The molecular weight excluding hydrogens is 503 g/mol. The van der Waals surface area contributed by atoms with Crippen molar-refractivity contribution in [1.29, 1.82) is 0 Å². The summed E-state index contributed by atoms with van der Waals surface area (Å²) in [5, 5.41) is 3.55. The number of halogens is 1. The van der Waals surface area contributed by atoms with Gasteiger partial charge in [-0.15, -0.1) is 24.0 Å². The molecule has 7 heteroatoms. The maximum Gasteiger partial charge on any atom is 0.308 e. The zero-order chi connectivity index (χ0) is 21.3. The fourth-order valence-corrected chi connectivity index (χ4v) is 4.80. The van der Waals surface area contributed by atoms with Crippen molar-refractivity contribution in [3.05, 3.63) is 35.4 Å². The van der Waals surface area contributed by atoms with E-state index in [1.165, 1.54) is 50.3 Å². The minimum atomic E-state index is -0.0893. The second-order valence-electron chi connectivity index (χ2n) is 8.66. The average molecular weight is 543 g/mol. The molecule has 0 spiro atoms. The predicted octanol–water partition coefficient (Wildman–Crippen LogP) is 4.03. The molecule has 1 saturated heterocycles. The number of guanidine groups is 1. The summed E-state index contributed by atoms with van der Waals surface area (Å²) in [5.41, 5.74) is 2.71. The topological polar surface area (TPSA) is 57.2 Å². The summed E-state index contributed by atoms with van der Waals surface area (Å²) >= 11 is 0. The maximum atomic E-state index is 11.8. The summed E-state index contributed by atoms with van der Waals surface area (Å²) in [7, 11) is 5.57. The Hall–Kier alpha value is -1.35. The Kier molecular flexibility index (Phi) is 11.1. The molecule has 3 rings (SSSR count). The number of nitrogens with zero attached hydrogens (tertiary/aromatic N) is 3. The van der Waals surface area contributed by atoms with Gasteiger partial charge >= 0.3 is 5.97 Å². The number of aliphatic imine (C=N–C) groups is 1. The van der Waals surface area contributed by atoms with E-state index < -0.39 is 0 Å². The smallest absolute Gasteiger partial charge is 0.308 e. The summed E-state index contributed by atoms with van der Waals surface area (Å²) in [6.45, 7) is 3.40. The molecule has 1 saturated carbocycles. The van der Waals surface area contributed by atoms with Crippen LogP contribution in [0.3, 0.4) is 0 Å². The van der Waals surface area contributed by atoms with Crippen molar-refractivity contribution in [2.45, 2.75) is 64.1 Å². The number of carbonyl (C=O) groups excluding carboxylic acids is 1. The average Bonchev–Trinajstić information content (AvgIpc) is 2.81. The van der Waals surface area contributed by atoms with Gasteiger partial charge in [0.1, 0.15) is 0 Å². The van der Waals surface area contributed by atoms with Crippen LogP contribution in [0.5, 0.6) is 0 Å². The Balaban J connectivity index is 0.00000341. The van der Waals surface area contributed by atoms with Gasteiger partial charge in [0.25, 0.3) is 0 Å². The first-order valence-corrected chi connectivity index (χ1v) is 11.4. The third kappa shape index (κ3) is 7.34. The Bertz CT molecular complexity index is 713. The van der Waals surface area contributed by atoms with E-state index in [-0.39, 0.29) is 35.9 Å². The fraction of sp³-hybridized carbons (Fsp3) is 0.667. The van der Waals surface area contributed by atoms with Gasteiger partial charge in [0.05, 0.1) is 13.0 Å². The summed E-state index contributed by atoms with van der Waals surface area (Å²) in [5.74, 6) is 0.836. The van der Waals surface area contributed by atoms with Crippen LogP contribution in [0.1, 0.15) is 56.1 Å². The van der Waals surface area contributed by atoms with Gasteiger partial charge in [0, 0.05) is 39.3 Å². The maximum absolute atomic E-state index is 11.8. The second-order valence-corrected chi connectivity index (χ2v) is 8.66. The molecule has 0 amide bonds. The molecule has 0 aromatic heterocycles. The molecule has 0 radical (unpaired) electrons. The van der Waals surface area contributed by atoms with Crippen LogP contribution in [-0.2, 0) is 22.6 Å². The first kappa shape index (κ1) is 25.9. The quantitative estimate of drug-likeness (QED) is 0.255. The lowest BCUT2D eigenvalue weighted by Gasteiger charge is -2.33. The van der Waals surface area contributed by atoms with Crippen molar-refractivity contribution in [2.75, 3.05) is 34.3 Å². The molecule has 31 heavy (non-hydrogen) atoms. The molecule has 1 aliphatic carbocycles. The highest BCUT2D eigenvalue weighted by Crippen LogP contribution is 2.24. The fourth-order valence-electron chi connectivity index (χ4n) is 4.80. The van der Waals surface area contributed by atoms with Crippen LogP contribution in [0, 0.1) is 5.92 Å². The number of ether oxygens (including phenoxy) is 1. The molecule has 2 fully saturated rings. The van der Waals surface area contributed by atoms with Crippen LogP contribution < -0.4 is 5.32 Å². The molecule has 174 valence electrons. The number of esters is 1. The lowest BCUT2D eigenvalue weighted by Crippen LogP contribution is -2.46. The highest BCUT2D eigenvalue weighted by atomic mass is 127. The molecule has 0 bridgehead atoms. The van der Waals surface area contributed by atoms with Gasteiger partial charge in [0.15, 0.2) is 5.96 Å². The standard InChI is InChI=1S/C24H38N4O2.HI/c1-25-24(28-15-13-19(14-16-28)23(29)30-3)26-17-20-9-7-8-10-21(20)18-27(2)22-11-5-4-6-12-22;/h7-10,19,22H,4-6,11-18H2,1-3H3,(H,25,26);1H. The van der Waals surface area contributed by atoms with Gasteiger partial charge in [-0.3, -0.25) is 14.7 Å². The van der Waals surface area contributed by atoms with E-state index in [9.17, 15) is 4.79 Å². The normalized spacial score (nSPS) is 18.6. The largest absolute Gasteiger partial charge is 0.469 e. The van der Waals surface area contributed by atoms with E-state index in [1.807, 2.05) is 7.05 Å². The van der Waals surface area contributed by atoms with Crippen LogP contribution in [0.25, 0.3) is 0 Å². The molecule has 1 N–H and O–H groups in total. The molecule has 1 aromatic rings. The molecule has 1 heterocycles. The molecule has 6 nitrogen and oxygen atoms in total. The molecular formula is C24H39IN4O2. The number of methoxy groups -OCH3 is 1. The lowest BCUT2D eigenvalue weighted by atomic mass is 9.94. The van der Waals surface area contributed by atoms with Crippen molar-refractivity contribution in [3.63, 3.8) is 0 Å². The molecule has 1 aliphatic heterocycles. The predicted molar refractivity (Wildman–Crippen MR) is 137 cm³/mol. The number of carbonyl (C=O) groups is 1. The highest BCUT2D eigenvalue weighted by molar-refractivity contribution is 14.0. The summed E-state index contributed by atoms with van der Waals surface area (Å²) in [4.78, 5) is 21.0. The first-order chi connectivity index (χ1) is 14.6. The second kappa shape index (κ2) is 13.3. The number of hydrogen-bond donors (Lipinski definition) is 1. The zero-order valence-electron chi connectivity index (χ0n) is 19.3. The lowest BCUT2D eigenvalue weighted by molar-refractivity contribution is -0.146. The molecule has 1 aromatic carbocycles. The summed E-state index contributed by atoms with van der Waals surface area (Å²) < 4.78 is 4.90. The van der Waals surface area contributed by atoms with E-state index >= 15 is 0 Å². The van der Waals surface area contributed by atoms with Crippen molar-refractivity contribution in [2.24, 2.45) is 10.9 Å². The minimum absolute atomic E-state index is 0. The van der Waals surface area contributed by atoms with E-state index in [0.29, 0.717) is 6.04 Å².